The second-order valence-electron chi connectivity index (χ2n) is 7.18. The van der Waals surface area contributed by atoms with Gasteiger partial charge in [-0.15, -0.1) is 0 Å². The largest absolute Gasteiger partial charge is 0.366 e. The van der Waals surface area contributed by atoms with Gasteiger partial charge in [-0.25, -0.2) is 13.8 Å². The van der Waals surface area contributed by atoms with E-state index < -0.39 is 17.2 Å². The fraction of sp³-hybridized carbons (Fsp3) is 0.286. The third-order valence-electron chi connectivity index (χ3n) is 5.41. The molecule has 2 aromatic heterocycles. The molecule has 3 aromatic rings. The van der Waals surface area contributed by atoms with Crippen LogP contribution in [0.5, 0.6) is 0 Å². The predicted molar refractivity (Wildman–Crippen MR) is 111 cm³/mol. The Morgan fingerprint density at radius 3 is 2.60 bits per heavy atom. The molecule has 0 radical (unpaired) electrons. The molecule has 0 amide bonds. The number of halogens is 3. The molecule has 154 valence electrons. The number of nitrogens with zero attached hydrogens (tertiary/aromatic N) is 5. The summed E-state index contributed by atoms with van der Waals surface area (Å²) in [6.45, 7) is 2.39. The third kappa shape index (κ3) is 3.51. The standard InChI is InChI=1S/C21H18ClF2N5O/c1-27-16-5-6-17(22)26-19(16)20(14(11-25)21(27)30)29-9-7-28(8-10-29)12-13-3-2-4-15(23)18(13)24/h2-6H,7-10,12H2,1H3. The summed E-state index contributed by atoms with van der Waals surface area (Å²) in [6.07, 6.45) is 0. The molecular formula is C21H18ClF2N5O. The number of hydrogen-bond donors (Lipinski definition) is 0. The lowest BCUT2D eigenvalue weighted by molar-refractivity contribution is 0.245. The summed E-state index contributed by atoms with van der Waals surface area (Å²) in [5, 5.41) is 9.92. The molecule has 0 unspecified atom stereocenters. The molecule has 0 aliphatic carbocycles. The number of benzene rings is 1. The third-order valence-corrected chi connectivity index (χ3v) is 5.62. The van der Waals surface area contributed by atoms with Gasteiger partial charge in [0.1, 0.15) is 22.3 Å². The van der Waals surface area contributed by atoms with Crippen molar-refractivity contribution in [3.8, 4) is 6.07 Å². The zero-order valence-electron chi connectivity index (χ0n) is 16.2. The van der Waals surface area contributed by atoms with Gasteiger partial charge in [0.05, 0.1) is 11.2 Å². The summed E-state index contributed by atoms with van der Waals surface area (Å²) in [7, 11) is 1.59. The first-order valence-electron chi connectivity index (χ1n) is 9.40. The van der Waals surface area contributed by atoms with Gasteiger partial charge in [0.2, 0.25) is 0 Å². The molecule has 0 N–H and O–H groups in total. The van der Waals surface area contributed by atoms with Crippen LogP contribution in [0.25, 0.3) is 11.0 Å². The topological polar surface area (TPSA) is 65.2 Å². The Kier molecular flexibility index (Phi) is 5.41. The maximum absolute atomic E-state index is 14.0. The Balaban J connectivity index is 1.64. The number of aromatic nitrogens is 2. The molecule has 3 heterocycles. The van der Waals surface area contributed by atoms with Crippen LogP contribution in [0, 0.1) is 23.0 Å². The van der Waals surface area contributed by atoms with E-state index in [0.29, 0.717) is 48.5 Å². The lowest BCUT2D eigenvalue weighted by Crippen LogP contribution is -2.47. The van der Waals surface area contributed by atoms with Crippen molar-refractivity contribution in [2.75, 3.05) is 31.1 Å². The summed E-state index contributed by atoms with van der Waals surface area (Å²) in [6, 6.07) is 9.48. The van der Waals surface area contributed by atoms with Crippen LogP contribution in [-0.2, 0) is 13.6 Å². The predicted octanol–water partition coefficient (Wildman–Crippen LogP) is 3.06. The minimum atomic E-state index is -0.862. The van der Waals surface area contributed by atoms with Crippen LogP contribution in [0.1, 0.15) is 11.1 Å². The molecule has 6 nitrogen and oxygen atoms in total. The molecule has 0 spiro atoms. The van der Waals surface area contributed by atoms with Crippen molar-refractivity contribution >= 4 is 28.3 Å². The van der Waals surface area contributed by atoms with Crippen molar-refractivity contribution in [2.45, 2.75) is 6.54 Å². The summed E-state index contributed by atoms with van der Waals surface area (Å²) >= 11 is 6.08. The number of fused-ring (bicyclic) bond motifs is 1. The lowest BCUT2D eigenvalue weighted by Gasteiger charge is -2.36. The van der Waals surface area contributed by atoms with Gasteiger partial charge in [-0.2, -0.15) is 5.26 Å². The SMILES string of the molecule is Cn1c(=O)c(C#N)c(N2CCN(Cc3cccc(F)c3F)CC2)c2nc(Cl)ccc21. The average molecular weight is 430 g/mol. The molecule has 0 atom stereocenters. The number of rotatable bonds is 3. The van der Waals surface area contributed by atoms with Crippen molar-refractivity contribution in [1.29, 1.82) is 5.26 Å². The van der Waals surface area contributed by atoms with Gasteiger partial charge < -0.3 is 9.47 Å². The minimum absolute atomic E-state index is 0.0180. The zero-order valence-corrected chi connectivity index (χ0v) is 17.0. The molecule has 1 aliphatic rings. The van der Waals surface area contributed by atoms with E-state index in [1.165, 1.54) is 10.6 Å². The Morgan fingerprint density at radius 2 is 1.90 bits per heavy atom. The van der Waals surface area contributed by atoms with Gasteiger partial charge in [0, 0.05) is 45.3 Å². The van der Waals surface area contributed by atoms with Gasteiger partial charge in [0.25, 0.3) is 5.56 Å². The van der Waals surface area contributed by atoms with Crippen molar-refractivity contribution in [3.05, 3.63) is 68.6 Å². The molecule has 9 heteroatoms. The molecule has 1 fully saturated rings. The van der Waals surface area contributed by atoms with E-state index in [4.69, 9.17) is 11.6 Å². The normalized spacial score (nSPS) is 14.8. The zero-order chi connectivity index (χ0) is 21.4. The summed E-state index contributed by atoms with van der Waals surface area (Å²) in [5.74, 6) is -1.69. The number of aryl methyl sites for hydroxylation is 1. The van der Waals surface area contributed by atoms with Crippen LogP contribution in [0.3, 0.4) is 0 Å². The fourth-order valence-electron chi connectivity index (χ4n) is 3.82. The number of piperazine rings is 1. The van der Waals surface area contributed by atoms with Crippen molar-refractivity contribution in [3.63, 3.8) is 0 Å². The maximum Gasteiger partial charge on any atom is 0.270 e. The molecule has 1 aromatic carbocycles. The van der Waals surface area contributed by atoms with Gasteiger partial charge >= 0.3 is 0 Å². The van der Waals surface area contributed by atoms with Gasteiger partial charge in [0.15, 0.2) is 11.6 Å². The molecule has 4 rings (SSSR count). The van der Waals surface area contributed by atoms with Gasteiger partial charge in [-0.1, -0.05) is 23.7 Å². The van der Waals surface area contributed by atoms with Crippen molar-refractivity contribution in [2.24, 2.45) is 7.05 Å². The number of hydrogen-bond acceptors (Lipinski definition) is 5. The second-order valence-corrected chi connectivity index (χ2v) is 7.56. The Bertz CT molecular complexity index is 1230. The van der Waals surface area contributed by atoms with E-state index in [0.717, 1.165) is 6.07 Å². The number of nitriles is 1. The van der Waals surface area contributed by atoms with Crippen LogP contribution in [0.4, 0.5) is 14.5 Å². The van der Waals surface area contributed by atoms with E-state index in [2.05, 4.69) is 4.98 Å². The summed E-state index contributed by atoms with van der Waals surface area (Å²) in [5.41, 5.74) is 1.47. The highest BCUT2D eigenvalue weighted by Gasteiger charge is 2.25. The molecule has 1 saturated heterocycles. The highest BCUT2D eigenvalue weighted by molar-refractivity contribution is 6.29. The number of pyridine rings is 2. The van der Waals surface area contributed by atoms with Gasteiger partial charge in [-0.05, 0) is 18.2 Å². The van der Waals surface area contributed by atoms with E-state index in [1.807, 2.05) is 15.9 Å². The lowest BCUT2D eigenvalue weighted by atomic mass is 10.1. The van der Waals surface area contributed by atoms with E-state index in [1.54, 1.807) is 25.2 Å². The van der Waals surface area contributed by atoms with Crippen molar-refractivity contribution < 1.29 is 8.78 Å². The molecule has 1 aliphatic heterocycles. The van der Waals surface area contributed by atoms with E-state index >= 15 is 0 Å². The average Bonchev–Trinajstić information content (AvgIpc) is 2.74. The molecule has 30 heavy (non-hydrogen) atoms. The van der Waals surface area contributed by atoms with Gasteiger partial charge in [-0.3, -0.25) is 9.69 Å². The minimum Gasteiger partial charge on any atom is -0.366 e. The second kappa shape index (κ2) is 8.01. The van der Waals surface area contributed by atoms with E-state index in [9.17, 15) is 18.8 Å². The maximum atomic E-state index is 14.0. The number of anilines is 1. The summed E-state index contributed by atoms with van der Waals surface area (Å²) < 4.78 is 28.8. The molecular weight excluding hydrogens is 412 g/mol. The quantitative estimate of drug-likeness (QED) is 0.599. The first-order chi connectivity index (χ1) is 14.4. The highest BCUT2D eigenvalue weighted by Crippen LogP contribution is 2.29. The van der Waals surface area contributed by atoms with E-state index in [-0.39, 0.29) is 17.3 Å². The Hall–Kier alpha value is -3.02. The van der Waals surface area contributed by atoms with Crippen LogP contribution >= 0.6 is 11.6 Å². The monoisotopic (exact) mass is 429 g/mol. The summed E-state index contributed by atoms with van der Waals surface area (Å²) in [4.78, 5) is 21.0. The van der Waals surface area contributed by atoms with Crippen LogP contribution in [0.15, 0.2) is 35.1 Å². The van der Waals surface area contributed by atoms with Crippen LogP contribution < -0.4 is 10.5 Å². The smallest absolute Gasteiger partial charge is 0.270 e. The first-order valence-corrected chi connectivity index (χ1v) is 9.78. The molecule has 0 saturated carbocycles. The first kappa shape index (κ1) is 20.3. The fourth-order valence-corrected chi connectivity index (χ4v) is 3.97. The highest BCUT2D eigenvalue weighted by atomic mass is 35.5. The van der Waals surface area contributed by atoms with Crippen molar-refractivity contribution in [1.82, 2.24) is 14.5 Å². The Morgan fingerprint density at radius 1 is 1.17 bits per heavy atom. The molecule has 0 bridgehead atoms. The van der Waals surface area contributed by atoms with Crippen LogP contribution in [-0.4, -0.2) is 40.6 Å². The van der Waals surface area contributed by atoms with Crippen LogP contribution in [0.2, 0.25) is 5.15 Å². The Labute approximate surface area is 176 Å².